The zero-order valence-electron chi connectivity index (χ0n) is 21.5. The minimum atomic E-state index is 0.449. The van der Waals surface area contributed by atoms with Crippen molar-refractivity contribution in [3.05, 3.63) is 60.6 Å². The van der Waals surface area contributed by atoms with E-state index in [1.54, 1.807) is 31.3 Å². The highest BCUT2D eigenvalue weighted by Crippen LogP contribution is 2.37. The molecular weight excluding hydrogens is 500 g/mol. The second kappa shape index (κ2) is 12.2. The first-order chi connectivity index (χ1) is 18.6. The van der Waals surface area contributed by atoms with Crippen LogP contribution in [0.15, 0.2) is 65.0 Å². The number of nitrogens with one attached hydrogen (secondary N) is 1. The van der Waals surface area contributed by atoms with Gasteiger partial charge in [0.2, 0.25) is 0 Å². The van der Waals surface area contributed by atoms with Gasteiger partial charge in [-0.05, 0) is 36.8 Å². The van der Waals surface area contributed by atoms with Crippen molar-refractivity contribution in [1.82, 2.24) is 19.4 Å². The lowest BCUT2D eigenvalue weighted by molar-refractivity contribution is 0.0357. The summed E-state index contributed by atoms with van der Waals surface area (Å²) in [5.41, 5.74) is 2.71. The van der Waals surface area contributed by atoms with Gasteiger partial charge in [-0.25, -0.2) is 4.98 Å². The molecule has 0 saturated carbocycles. The van der Waals surface area contributed by atoms with Crippen LogP contribution in [0.25, 0.3) is 10.9 Å². The van der Waals surface area contributed by atoms with E-state index in [1.165, 1.54) is 0 Å². The molecule has 9 nitrogen and oxygen atoms in total. The molecule has 0 radical (unpaired) electrons. The Hall–Kier alpha value is -3.78. The van der Waals surface area contributed by atoms with Crippen LogP contribution < -0.4 is 14.8 Å². The van der Waals surface area contributed by atoms with Crippen LogP contribution in [0.3, 0.4) is 0 Å². The van der Waals surface area contributed by atoms with Gasteiger partial charge in [0.25, 0.3) is 0 Å². The Labute approximate surface area is 226 Å². The van der Waals surface area contributed by atoms with Gasteiger partial charge in [-0.15, -0.1) is 0 Å². The summed E-state index contributed by atoms with van der Waals surface area (Å²) in [4.78, 5) is 12.3. The van der Waals surface area contributed by atoms with Gasteiger partial charge in [0.15, 0.2) is 16.7 Å². The monoisotopic (exact) mass is 530 g/mol. The molecule has 0 spiro atoms. The first-order valence-electron chi connectivity index (χ1n) is 12.5. The van der Waals surface area contributed by atoms with E-state index in [0.717, 1.165) is 65.9 Å². The third-order valence-electron chi connectivity index (χ3n) is 6.36. The average molecular weight is 531 g/mol. The molecular formula is C28H30N6O3S. The van der Waals surface area contributed by atoms with Crippen molar-refractivity contribution < 1.29 is 14.2 Å². The van der Waals surface area contributed by atoms with Crippen LogP contribution in [0.4, 0.5) is 11.4 Å². The normalized spacial score (nSPS) is 13.8. The number of nitriles is 1. The quantitative estimate of drug-likeness (QED) is 0.289. The minimum Gasteiger partial charge on any atom is -0.493 e. The molecule has 0 bridgehead atoms. The number of aryl methyl sites for hydroxylation is 1. The van der Waals surface area contributed by atoms with Gasteiger partial charge >= 0.3 is 0 Å². The summed E-state index contributed by atoms with van der Waals surface area (Å²) >= 11 is 1.59. The summed E-state index contributed by atoms with van der Waals surface area (Å²) in [6, 6.07) is 14.0. The van der Waals surface area contributed by atoms with Crippen molar-refractivity contribution in [3.63, 3.8) is 0 Å². The zero-order valence-corrected chi connectivity index (χ0v) is 22.3. The SMILES string of the molecule is COc1cc2c(Nc3ccc(Sc4nccn4C)cc3)c(C#N)cnc2cc1OCCCN1CCOCC1. The van der Waals surface area contributed by atoms with E-state index in [4.69, 9.17) is 14.2 Å². The van der Waals surface area contributed by atoms with Gasteiger partial charge in [0.05, 0.1) is 43.7 Å². The number of imidazole rings is 1. The third-order valence-corrected chi connectivity index (χ3v) is 7.45. The first-order valence-corrected chi connectivity index (χ1v) is 13.3. The second-order valence-electron chi connectivity index (χ2n) is 8.91. The highest BCUT2D eigenvalue weighted by Gasteiger charge is 2.15. The first kappa shape index (κ1) is 25.9. The number of pyridine rings is 1. The third kappa shape index (κ3) is 6.02. The summed E-state index contributed by atoms with van der Waals surface area (Å²) in [6.45, 7) is 5.05. The molecule has 1 aliphatic heterocycles. The van der Waals surface area contributed by atoms with E-state index in [1.807, 2.05) is 54.2 Å². The number of methoxy groups -OCH3 is 1. The summed E-state index contributed by atoms with van der Waals surface area (Å²) in [5.74, 6) is 1.24. The maximum Gasteiger partial charge on any atom is 0.172 e. The van der Waals surface area contributed by atoms with Crippen LogP contribution >= 0.6 is 11.8 Å². The Morgan fingerprint density at radius 2 is 1.95 bits per heavy atom. The smallest absolute Gasteiger partial charge is 0.172 e. The van der Waals surface area contributed by atoms with Crippen LogP contribution in [0.2, 0.25) is 0 Å². The second-order valence-corrected chi connectivity index (χ2v) is 9.95. The molecule has 4 aromatic rings. The topological polar surface area (TPSA) is 97.5 Å². The summed E-state index contributed by atoms with van der Waals surface area (Å²) in [6.07, 6.45) is 6.20. The fourth-order valence-corrected chi connectivity index (χ4v) is 5.09. The molecule has 2 aromatic heterocycles. The molecule has 1 fully saturated rings. The number of hydrogen-bond donors (Lipinski definition) is 1. The van der Waals surface area contributed by atoms with Gasteiger partial charge in [-0.2, -0.15) is 5.26 Å². The Morgan fingerprint density at radius 1 is 1.13 bits per heavy atom. The number of fused-ring (bicyclic) bond motifs is 1. The molecule has 1 aliphatic rings. The fourth-order valence-electron chi connectivity index (χ4n) is 4.29. The lowest BCUT2D eigenvalue weighted by Crippen LogP contribution is -2.37. The molecule has 38 heavy (non-hydrogen) atoms. The molecule has 0 aliphatic carbocycles. The van der Waals surface area contributed by atoms with Gasteiger partial charge in [-0.1, -0.05) is 11.8 Å². The molecule has 0 unspecified atom stereocenters. The van der Waals surface area contributed by atoms with Crippen molar-refractivity contribution in [2.75, 3.05) is 51.9 Å². The van der Waals surface area contributed by atoms with E-state index < -0.39 is 0 Å². The Kier molecular flexibility index (Phi) is 8.28. The lowest BCUT2D eigenvalue weighted by Gasteiger charge is -2.26. The Bertz CT molecular complexity index is 1430. The maximum absolute atomic E-state index is 9.79. The van der Waals surface area contributed by atoms with E-state index in [9.17, 15) is 5.26 Å². The summed E-state index contributed by atoms with van der Waals surface area (Å²) < 4.78 is 19.1. The van der Waals surface area contributed by atoms with Gasteiger partial charge < -0.3 is 24.1 Å². The van der Waals surface area contributed by atoms with Crippen molar-refractivity contribution in [3.8, 4) is 17.6 Å². The van der Waals surface area contributed by atoms with Crippen molar-refractivity contribution in [2.24, 2.45) is 7.05 Å². The number of morpholine rings is 1. The molecule has 10 heteroatoms. The largest absolute Gasteiger partial charge is 0.493 e. The van der Waals surface area contributed by atoms with Crippen LogP contribution in [-0.4, -0.2) is 66.0 Å². The lowest BCUT2D eigenvalue weighted by atomic mass is 10.1. The predicted octanol–water partition coefficient (Wildman–Crippen LogP) is 4.84. The number of nitrogens with zero attached hydrogens (tertiary/aromatic N) is 5. The number of hydrogen-bond acceptors (Lipinski definition) is 9. The summed E-state index contributed by atoms with van der Waals surface area (Å²) in [7, 11) is 3.59. The molecule has 1 N–H and O–H groups in total. The number of aromatic nitrogens is 3. The highest BCUT2D eigenvalue weighted by molar-refractivity contribution is 7.99. The van der Waals surface area contributed by atoms with Crippen LogP contribution in [0, 0.1) is 11.3 Å². The van der Waals surface area contributed by atoms with E-state index in [2.05, 4.69) is 26.3 Å². The molecule has 5 rings (SSSR count). The average Bonchev–Trinajstić information content (AvgIpc) is 3.36. The van der Waals surface area contributed by atoms with Gasteiger partial charge in [0, 0.05) is 67.3 Å². The number of benzene rings is 2. The zero-order chi connectivity index (χ0) is 26.3. The minimum absolute atomic E-state index is 0.449. The van der Waals surface area contributed by atoms with Gasteiger partial charge in [-0.3, -0.25) is 9.88 Å². The van der Waals surface area contributed by atoms with Crippen LogP contribution in [-0.2, 0) is 11.8 Å². The van der Waals surface area contributed by atoms with Crippen LogP contribution in [0.1, 0.15) is 12.0 Å². The molecule has 196 valence electrons. The Morgan fingerprint density at radius 3 is 2.66 bits per heavy atom. The van der Waals surface area contributed by atoms with E-state index in [-0.39, 0.29) is 0 Å². The van der Waals surface area contributed by atoms with Crippen LogP contribution in [0.5, 0.6) is 11.5 Å². The fraction of sp³-hybridized carbons (Fsp3) is 0.321. The standard InChI is InChI=1S/C28H30N6O3S/c1-33-10-8-30-28(33)38-22-6-4-21(5-7-22)32-27-20(18-29)19-31-24-17-26(25(35-2)16-23(24)27)37-13-3-9-34-11-14-36-15-12-34/h4-8,10,16-17,19H,3,9,11-15H2,1-2H3,(H,31,32). The number of rotatable bonds is 10. The van der Waals surface area contributed by atoms with Crippen molar-refractivity contribution in [2.45, 2.75) is 16.5 Å². The van der Waals surface area contributed by atoms with E-state index >= 15 is 0 Å². The molecule has 3 heterocycles. The predicted molar refractivity (Wildman–Crippen MR) is 147 cm³/mol. The van der Waals surface area contributed by atoms with E-state index in [0.29, 0.717) is 29.4 Å². The molecule has 0 amide bonds. The van der Waals surface area contributed by atoms with Crippen molar-refractivity contribution in [1.29, 1.82) is 5.26 Å². The van der Waals surface area contributed by atoms with Crippen molar-refractivity contribution >= 4 is 34.0 Å². The maximum atomic E-state index is 9.79. The molecule has 0 atom stereocenters. The van der Waals surface area contributed by atoms with Gasteiger partial charge in [0.1, 0.15) is 6.07 Å². The highest BCUT2D eigenvalue weighted by atomic mass is 32.2. The number of anilines is 2. The Balaban J connectivity index is 1.33. The number of ether oxygens (including phenoxy) is 3. The molecule has 2 aromatic carbocycles. The molecule has 1 saturated heterocycles. The summed E-state index contributed by atoms with van der Waals surface area (Å²) in [5, 5.41) is 14.9.